The molecule has 0 saturated heterocycles. The molecule has 4 nitrogen and oxygen atoms in total. The van der Waals surface area contributed by atoms with Gasteiger partial charge in [0.1, 0.15) is 1.41 Å². The summed E-state index contributed by atoms with van der Waals surface area (Å²) in [6, 6.07) is 3.64. The van der Waals surface area contributed by atoms with E-state index >= 15 is 0 Å². The first-order valence-corrected chi connectivity index (χ1v) is 3.68. The number of nitrogens with one attached hydrogen (secondary N) is 1. The number of phenols is 2. The Morgan fingerprint density at radius 3 is 2.92 bits per heavy atom. The van der Waals surface area contributed by atoms with Crippen molar-refractivity contribution in [1.29, 1.82) is 0 Å². The smallest absolute Gasteiger partial charge is 0.157 e. The van der Waals surface area contributed by atoms with Gasteiger partial charge in [-0.15, -0.1) is 0 Å². The van der Waals surface area contributed by atoms with Crippen LogP contribution < -0.4 is 5.31 Å². The van der Waals surface area contributed by atoms with Crippen LogP contribution in [0.3, 0.4) is 0 Å². The zero-order chi connectivity index (χ0) is 13.2. The molecule has 4 N–H and O–H groups in total. The van der Waals surface area contributed by atoms with Crippen LogP contribution in [0, 0.1) is 0 Å². The molecule has 0 bridgehead atoms. The first-order valence-electron chi connectivity index (χ1n) is 5.63. The standard InChI is InChI=1S/C9H13NO3/c1-10-5-9(13)6-2-3-7(11)8(12)4-6/h2-4,9-13H,5H2,1H3/i1D3/hD. The maximum atomic E-state index is 9.67. The van der Waals surface area contributed by atoms with E-state index in [-0.39, 0.29) is 16.6 Å². The summed E-state index contributed by atoms with van der Waals surface area (Å²) in [6.07, 6.45) is -1.24. The van der Waals surface area contributed by atoms with Gasteiger partial charge in [-0.05, 0) is 24.7 Å². The van der Waals surface area contributed by atoms with Crippen molar-refractivity contribution in [3.8, 4) is 11.5 Å². The summed E-state index contributed by atoms with van der Waals surface area (Å²) in [6.45, 7) is -3.04. The predicted molar refractivity (Wildman–Crippen MR) is 48.7 cm³/mol. The third-order valence-electron chi connectivity index (χ3n) is 1.65. The Bertz CT molecular complexity index is 396. The number of phenolic OH excluding ortho intramolecular Hbond substituents is 2. The SMILES string of the molecule is [2H]N(CC(O)c1ccc(O)c(O)c1)C([2H])([2H])[2H]. The molecule has 0 amide bonds. The van der Waals surface area contributed by atoms with Crippen molar-refractivity contribution < 1.29 is 20.8 Å². The molecular formula is C9H13NO3. The molecule has 13 heavy (non-hydrogen) atoms. The van der Waals surface area contributed by atoms with Gasteiger partial charge in [0, 0.05) is 10.7 Å². The summed E-state index contributed by atoms with van der Waals surface area (Å²) in [5.74, 6) is -0.744. The van der Waals surface area contributed by atoms with Crippen LogP contribution in [0.15, 0.2) is 18.2 Å². The second kappa shape index (κ2) is 4.11. The molecule has 1 atom stereocenters. The maximum Gasteiger partial charge on any atom is 0.157 e. The van der Waals surface area contributed by atoms with Crippen LogP contribution >= 0.6 is 0 Å². The van der Waals surface area contributed by atoms with Gasteiger partial charge in [0.2, 0.25) is 0 Å². The molecule has 0 heterocycles. The Kier molecular flexibility index (Phi) is 1.73. The first kappa shape index (κ1) is 5.47. The molecule has 0 aromatic heterocycles. The maximum absolute atomic E-state index is 9.67. The van der Waals surface area contributed by atoms with Crippen molar-refractivity contribution in [1.82, 2.24) is 5.31 Å². The Morgan fingerprint density at radius 1 is 1.54 bits per heavy atom. The lowest BCUT2D eigenvalue weighted by Gasteiger charge is -2.10. The second-order valence-corrected chi connectivity index (χ2v) is 2.60. The normalized spacial score (nSPS) is 18.6. The lowest BCUT2D eigenvalue weighted by molar-refractivity contribution is 0.177. The van der Waals surface area contributed by atoms with Crippen LogP contribution in [0.1, 0.15) is 15.8 Å². The molecule has 0 fully saturated rings. The van der Waals surface area contributed by atoms with Gasteiger partial charge in [0.25, 0.3) is 0 Å². The van der Waals surface area contributed by atoms with Crippen LogP contribution in [0.4, 0.5) is 0 Å². The number of likely N-dealkylation sites (N-methyl/N-ethyl adjacent to an activating group) is 1. The van der Waals surface area contributed by atoms with E-state index in [9.17, 15) is 10.2 Å². The highest BCUT2D eigenvalue weighted by atomic mass is 16.3. The van der Waals surface area contributed by atoms with E-state index in [4.69, 9.17) is 10.6 Å². The first-order chi connectivity index (χ1) is 7.71. The molecule has 0 radical (unpaired) electrons. The lowest BCUT2D eigenvalue weighted by atomic mass is 10.1. The Morgan fingerprint density at radius 2 is 2.31 bits per heavy atom. The van der Waals surface area contributed by atoms with Crippen molar-refractivity contribution in [2.24, 2.45) is 0 Å². The third-order valence-corrected chi connectivity index (χ3v) is 1.65. The van der Waals surface area contributed by atoms with E-state index in [1.165, 1.54) is 12.1 Å². The minimum absolute atomic E-state index is 0.224. The number of rotatable bonds is 3. The molecule has 0 spiro atoms. The summed E-state index contributed by atoms with van der Waals surface area (Å²) >= 11 is 0. The van der Waals surface area contributed by atoms with E-state index in [1.807, 2.05) is 0 Å². The molecule has 1 unspecified atom stereocenters. The number of aliphatic hydroxyl groups excluding tert-OH is 1. The minimum Gasteiger partial charge on any atom is -0.504 e. The quantitative estimate of drug-likeness (QED) is 0.515. The molecule has 0 aliphatic rings. The van der Waals surface area contributed by atoms with Gasteiger partial charge < -0.3 is 20.6 Å². The highest BCUT2D eigenvalue weighted by molar-refractivity contribution is 5.41. The minimum atomic E-state index is -2.61. The molecule has 1 aromatic rings. The largest absolute Gasteiger partial charge is 0.504 e. The van der Waals surface area contributed by atoms with Crippen molar-refractivity contribution in [3.63, 3.8) is 0 Å². The highest BCUT2D eigenvalue weighted by Crippen LogP contribution is 2.27. The third kappa shape index (κ3) is 2.34. The monoisotopic (exact) mass is 187 g/mol. The van der Waals surface area contributed by atoms with Gasteiger partial charge in [0.15, 0.2) is 11.5 Å². The van der Waals surface area contributed by atoms with Crippen molar-refractivity contribution in [3.05, 3.63) is 23.8 Å². The molecule has 0 saturated carbocycles. The van der Waals surface area contributed by atoms with Crippen LogP contribution in [0.2, 0.25) is 1.41 Å². The fourth-order valence-electron chi connectivity index (χ4n) is 0.940. The lowest BCUT2D eigenvalue weighted by Crippen LogP contribution is -2.16. The summed E-state index contributed by atoms with van der Waals surface area (Å²) in [4.78, 5) is 0. The van der Waals surface area contributed by atoms with Crippen LogP contribution in [0.5, 0.6) is 11.5 Å². The van der Waals surface area contributed by atoms with Crippen molar-refractivity contribution >= 4 is 0 Å². The fourth-order valence-corrected chi connectivity index (χ4v) is 0.940. The molecular weight excluding hydrogens is 170 g/mol. The van der Waals surface area contributed by atoms with Gasteiger partial charge in [0.05, 0.1) is 6.10 Å². The number of hydrogen-bond acceptors (Lipinski definition) is 4. The molecule has 1 rings (SSSR count). The number of hydrogen-bond donors (Lipinski definition) is 4. The van der Waals surface area contributed by atoms with Crippen molar-refractivity contribution in [2.75, 3.05) is 13.5 Å². The number of benzene rings is 1. The molecule has 4 heteroatoms. The van der Waals surface area contributed by atoms with Crippen LogP contribution in [0.25, 0.3) is 0 Å². The van der Waals surface area contributed by atoms with E-state index < -0.39 is 25.4 Å². The summed E-state index contributed by atoms with van der Waals surface area (Å²) in [7, 11) is 0. The summed E-state index contributed by atoms with van der Waals surface area (Å²) in [5, 5.41) is 28.2. The van der Waals surface area contributed by atoms with Crippen molar-refractivity contribution in [2.45, 2.75) is 6.10 Å². The van der Waals surface area contributed by atoms with Gasteiger partial charge >= 0.3 is 0 Å². The Balaban J connectivity index is 2.76. The van der Waals surface area contributed by atoms with Crippen LogP contribution in [-0.2, 0) is 0 Å². The highest BCUT2D eigenvalue weighted by Gasteiger charge is 2.08. The number of aliphatic hydroxyl groups is 1. The Labute approximate surface area is 82.1 Å². The zero-order valence-electron chi connectivity index (χ0n) is 10.8. The molecule has 0 aliphatic heterocycles. The van der Waals surface area contributed by atoms with Gasteiger partial charge in [-0.2, -0.15) is 0 Å². The number of aromatic hydroxyl groups is 2. The second-order valence-electron chi connectivity index (χ2n) is 2.60. The fraction of sp³-hybridized carbons (Fsp3) is 0.333. The zero-order valence-corrected chi connectivity index (χ0v) is 6.81. The molecule has 0 aliphatic carbocycles. The van der Waals surface area contributed by atoms with E-state index in [2.05, 4.69) is 0 Å². The van der Waals surface area contributed by atoms with E-state index in [0.29, 0.717) is 0 Å². The molecule has 72 valence electrons. The summed E-state index contributed by atoms with van der Waals surface area (Å²) < 4.78 is 28.0. The van der Waals surface area contributed by atoms with E-state index in [0.717, 1.165) is 6.07 Å². The van der Waals surface area contributed by atoms with Crippen LogP contribution in [-0.4, -0.2) is 28.8 Å². The van der Waals surface area contributed by atoms with Gasteiger partial charge in [-0.1, -0.05) is 6.07 Å². The Hall–Kier alpha value is -1.26. The van der Waals surface area contributed by atoms with Gasteiger partial charge in [-0.3, -0.25) is 0 Å². The average Bonchev–Trinajstić information content (AvgIpc) is 2.20. The topological polar surface area (TPSA) is 72.7 Å². The summed E-state index contributed by atoms with van der Waals surface area (Å²) in [5.41, 5.74) is 0.224. The van der Waals surface area contributed by atoms with Gasteiger partial charge in [-0.25, -0.2) is 0 Å². The van der Waals surface area contributed by atoms with E-state index in [1.54, 1.807) is 0 Å². The average molecular weight is 187 g/mol. The molecule has 1 aromatic carbocycles. The predicted octanol–water partition coefficient (Wildman–Crippen LogP) is 0.351.